The van der Waals surface area contributed by atoms with Gasteiger partial charge in [0.15, 0.2) is 23.1 Å². The largest absolute Gasteiger partial charge is 0.435 e. The Morgan fingerprint density at radius 1 is 0.442 bits per heavy atom. The molecule has 0 saturated heterocycles. The Morgan fingerprint density at radius 3 is 1.67 bits per heavy atom. The maximum atomic E-state index is 6.84. The quantitative estimate of drug-likeness (QED) is 0.183. The molecule has 7 aromatic carbocycles. The maximum Gasteiger partial charge on any atom is 0.227 e. The number of rotatable bonds is 5. The minimum absolute atomic E-state index is 0.135. The highest BCUT2D eigenvalue weighted by atomic mass is 16.3. The highest BCUT2D eigenvalue weighted by molar-refractivity contribution is 6.17. The number of aromatic nitrogens is 4. The summed E-state index contributed by atoms with van der Waals surface area (Å²) in [5.74, 6) is 2.46. The number of fused-ring (bicyclic) bond motifs is 7. The number of hydrogen-bond donors (Lipinski definition) is 0. The van der Waals surface area contributed by atoms with Crippen molar-refractivity contribution >= 4 is 21.9 Å². The average Bonchev–Trinajstić information content (AvgIpc) is 3.76. The maximum absolute atomic E-state index is 6.84. The van der Waals surface area contributed by atoms with Gasteiger partial charge in [-0.2, -0.15) is 0 Å². The summed E-state index contributed by atoms with van der Waals surface area (Å²) in [4.78, 5) is 20.1. The van der Waals surface area contributed by atoms with Crippen LogP contribution < -0.4 is 0 Å². The number of hydrogen-bond acceptors (Lipinski definition) is 5. The van der Waals surface area contributed by atoms with Crippen LogP contribution in [0.4, 0.5) is 0 Å². The normalized spacial score (nSPS) is 13.0. The molecule has 0 saturated carbocycles. The van der Waals surface area contributed by atoms with Crippen LogP contribution in [0.15, 0.2) is 162 Å². The standard InChI is InChI=1S/C47H32N4O/c1-47(2)37-24-13-12-23-35(37)40-38(47)26-25-33-28-36(41-42(39(33)40)52-46(48-41)31-19-10-5-11-20-31)32-21-14-22-34(27-32)45-50-43(29-15-6-3-7-16-29)49-44(51-45)30-17-8-4-9-18-30/h3-28H,1-2H3. The Morgan fingerprint density at radius 2 is 1.00 bits per heavy atom. The van der Waals surface area contributed by atoms with Crippen molar-refractivity contribution in [1.82, 2.24) is 19.9 Å². The van der Waals surface area contributed by atoms with E-state index < -0.39 is 0 Å². The summed E-state index contributed by atoms with van der Waals surface area (Å²) in [5, 5.41) is 2.20. The lowest BCUT2D eigenvalue weighted by Crippen LogP contribution is -2.14. The molecule has 0 atom stereocenters. The molecule has 1 aliphatic carbocycles. The second kappa shape index (κ2) is 11.7. The van der Waals surface area contributed by atoms with E-state index in [9.17, 15) is 0 Å². The van der Waals surface area contributed by atoms with E-state index >= 15 is 0 Å². The summed E-state index contributed by atoms with van der Waals surface area (Å²) in [5.41, 5.74) is 12.3. The summed E-state index contributed by atoms with van der Waals surface area (Å²) in [6, 6.07) is 54.2. The van der Waals surface area contributed by atoms with Crippen LogP contribution in [-0.4, -0.2) is 19.9 Å². The van der Waals surface area contributed by atoms with Crippen LogP contribution >= 0.6 is 0 Å². The molecule has 52 heavy (non-hydrogen) atoms. The fraction of sp³-hybridized carbons (Fsp3) is 0.0638. The van der Waals surface area contributed by atoms with Crippen molar-refractivity contribution in [3.05, 3.63) is 169 Å². The van der Waals surface area contributed by atoms with Gasteiger partial charge in [-0.3, -0.25) is 0 Å². The van der Waals surface area contributed by atoms with E-state index in [1.807, 2.05) is 91.0 Å². The van der Waals surface area contributed by atoms with Gasteiger partial charge in [-0.05, 0) is 57.5 Å². The van der Waals surface area contributed by atoms with Gasteiger partial charge in [0.05, 0.1) is 0 Å². The van der Waals surface area contributed by atoms with Crippen molar-refractivity contribution < 1.29 is 4.42 Å². The number of nitrogens with zero attached hydrogens (tertiary/aromatic N) is 4. The Hall–Kier alpha value is -6.72. The Labute approximate surface area is 301 Å². The van der Waals surface area contributed by atoms with Gasteiger partial charge < -0.3 is 4.42 Å². The molecule has 5 nitrogen and oxygen atoms in total. The lowest BCUT2D eigenvalue weighted by molar-refractivity contribution is 0.623. The molecule has 0 spiro atoms. The molecule has 246 valence electrons. The van der Waals surface area contributed by atoms with Gasteiger partial charge in [-0.1, -0.05) is 147 Å². The van der Waals surface area contributed by atoms with Gasteiger partial charge in [-0.15, -0.1) is 0 Å². The van der Waals surface area contributed by atoms with Crippen LogP contribution in [0, 0.1) is 0 Å². The fourth-order valence-corrected chi connectivity index (χ4v) is 7.76. The number of oxazole rings is 1. The highest BCUT2D eigenvalue weighted by Crippen LogP contribution is 2.53. The molecule has 0 radical (unpaired) electrons. The zero-order valence-corrected chi connectivity index (χ0v) is 28.7. The molecule has 1 aliphatic rings. The Bertz CT molecular complexity index is 2750. The predicted molar refractivity (Wildman–Crippen MR) is 210 cm³/mol. The van der Waals surface area contributed by atoms with Crippen LogP contribution in [0.5, 0.6) is 0 Å². The summed E-state index contributed by atoms with van der Waals surface area (Å²) >= 11 is 0. The van der Waals surface area contributed by atoms with Crippen LogP contribution in [0.2, 0.25) is 0 Å². The van der Waals surface area contributed by atoms with Crippen LogP contribution in [-0.2, 0) is 5.41 Å². The molecule has 0 aliphatic heterocycles. The smallest absolute Gasteiger partial charge is 0.227 e. The highest BCUT2D eigenvalue weighted by Gasteiger charge is 2.37. The Balaban J connectivity index is 1.21. The third kappa shape index (κ3) is 4.78. The van der Waals surface area contributed by atoms with Crippen molar-refractivity contribution in [2.75, 3.05) is 0 Å². The molecule has 10 rings (SSSR count). The zero-order chi connectivity index (χ0) is 34.8. The first-order chi connectivity index (χ1) is 25.5. The van der Waals surface area contributed by atoms with Crippen molar-refractivity contribution in [3.63, 3.8) is 0 Å². The fourth-order valence-electron chi connectivity index (χ4n) is 7.76. The SMILES string of the molecule is CC1(C)c2ccccc2-c2c1ccc1cc(-c3cccc(-c4nc(-c5ccccc5)nc(-c5ccccc5)n4)c3)c3nc(-c4ccccc4)oc3c21. The lowest BCUT2D eigenvalue weighted by Gasteiger charge is -2.21. The Kier molecular flexibility index (Phi) is 6.77. The van der Waals surface area contributed by atoms with Crippen molar-refractivity contribution in [3.8, 4) is 67.9 Å². The molecule has 9 aromatic rings. The van der Waals surface area contributed by atoms with Crippen molar-refractivity contribution in [1.29, 1.82) is 0 Å². The first kappa shape index (κ1) is 30.1. The van der Waals surface area contributed by atoms with Gasteiger partial charge in [-0.25, -0.2) is 19.9 Å². The van der Waals surface area contributed by atoms with Gasteiger partial charge >= 0.3 is 0 Å². The summed E-state index contributed by atoms with van der Waals surface area (Å²) in [6.45, 7) is 4.62. The monoisotopic (exact) mass is 668 g/mol. The van der Waals surface area contributed by atoms with Crippen molar-refractivity contribution in [2.45, 2.75) is 19.3 Å². The molecular weight excluding hydrogens is 637 g/mol. The van der Waals surface area contributed by atoms with Gasteiger partial charge in [0.25, 0.3) is 0 Å². The van der Waals surface area contributed by atoms with E-state index in [0.717, 1.165) is 55.3 Å². The van der Waals surface area contributed by atoms with E-state index in [1.165, 1.54) is 22.3 Å². The first-order valence-corrected chi connectivity index (χ1v) is 17.6. The third-order valence-corrected chi connectivity index (χ3v) is 10.3. The zero-order valence-electron chi connectivity index (χ0n) is 28.7. The predicted octanol–water partition coefficient (Wildman–Crippen LogP) is 11.8. The van der Waals surface area contributed by atoms with E-state index in [2.05, 4.69) is 80.6 Å². The molecule has 2 heterocycles. The third-order valence-electron chi connectivity index (χ3n) is 10.3. The van der Waals surface area contributed by atoms with Gasteiger partial charge in [0, 0.05) is 38.6 Å². The second-order valence-corrected chi connectivity index (χ2v) is 13.9. The van der Waals surface area contributed by atoms with Crippen LogP contribution in [0.1, 0.15) is 25.0 Å². The summed E-state index contributed by atoms with van der Waals surface area (Å²) < 4.78 is 6.84. The molecule has 0 N–H and O–H groups in total. The van der Waals surface area contributed by atoms with E-state index in [4.69, 9.17) is 24.4 Å². The summed E-state index contributed by atoms with van der Waals surface area (Å²) in [6.07, 6.45) is 0. The number of benzene rings is 7. The van der Waals surface area contributed by atoms with Crippen LogP contribution in [0.3, 0.4) is 0 Å². The molecule has 2 aromatic heterocycles. The second-order valence-electron chi connectivity index (χ2n) is 13.9. The van der Waals surface area contributed by atoms with E-state index in [1.54, 1.807) is 0 Å². The molecule has 5 heteroatoms. The molecule has 0 bridgehead atoms. The lowest BCUT2D eigenvalue weighted by atomic mass is 9.82. The minimum atomic E-state index is -0.135. The summed E-state index contributed by atoms with van der Waals surface area (Å²) in [7, 11) is 0. The molecule has 0 fully saturated rings. The van der Waals surface area contributed by atoms with E-state index in [0.29, 0.717) is 23.4 Å². The topological polar surface area (TPSA) is 64.7 Å². The van der Waals surface area contributed by atoms with Gasteiger partial charge in [0.1, 0.15) is 5.52 Å². The molecule has 0 unspecified atom stereocenters. The van der Waals surface area contributed by atoms with Crippen LogP contribution in [0.25, 0.3) is 89.7 Å². The minimum Gasteiger partial charge on any atom is -0.435 e. The first-order valence-electron chi connectivity index (χ1n) is 17.6. The average molecular weight is 669 g/mol. The van der Waals surface area contributed by atoms with Crippen molar-refractivity contribution in [2.24, 2.45) is 0 Å². The molecular formula is C47H32N4O. The van der Waals surface area contributed by atoms with E-state index in [-0.39, 0.29) is 5.41 Å². The van der Waals surface area contributed by atoms with Gasteiger partial charge in [0.2, 0.25) is 5.89 Å². The molecule has 0 amide bonds.